The van der Waals surface area contributed by atoms with Crippen molar-refractivity contribution in [1.82, 2.24) is 9.97 Å². The zero-order chi connectivity index (χ0) is 21.5. The maximum atomic E-state index is 12.3. The normalized spacial score (nSPS) is 10.3. The fraction of sp³-hybridized carbons (Fsp3) is 0.238. The molecule has 9 heteroatoms. The number of nitriles is 1. The van der Waals surface area contributed by atoms with E-state index in [9.17, 15) is 4.79 Å². The van der Waals surface area contributed by atoms with Crippen molar-refractivity contribution in [3.05, 3.63) is 47.0 Å². The van der Waals surface area contributed by atoms with E-state index in [0.717, 1.165) is 17.0 Å². The quantitative estimate of drug-likeness (QED) is 0.514. The van der Waals surface area contributed by atoms with Gasteiger partial charge in [-0.2, -0.15) is 5.26 Å². The van der Waals surface area contributed by atoms with E-state index in [1.165, 1.54) is 23.1 Å². The van der Waals surface area contributed by atoms with Crippen molar-refractivity contribution < 1.29 is 14.3 Å². The third kappa shape index (κ3) is 5.28. The van der Waals surface area contributed by atoms with Crippen molar-refractivity contribution >= 4 is 34.1 Å². The van der Waals surface area contributed by atoms with Crippen LogP contribution in [0.3, 0.4) is 0 Å². The Hall–Kier alpha value is -3.09. The van der Waals surface area contributed by atoms with Gasteiger partial charge >= 0.3 is 0 Å². The van der Waals surface area contributed by atoms with Gasteiger partial charge in [-0.25, -0.2) is 9.97 Å². The number of hydrogen-bond donors (Lipinski definition) is 1. The Morgan fingerprint density at radius 3 is 2.73 bits per heavy atom. The van der Waals surface area contributed by atoms with Gasteiger partial charge in [0.2, 0.25) is 5.91 Å². The Bertz CT molecular complexity index is 1090. The van der Waals surface area contributed by atoms with Crippen molar-refractivity contribution in [1.29, 1.82) is 5.26 Å². The molecule has 7 nitrogen and oxygen atoms in total. The molecule has 0 aliphatic rings. The van der Waals surface area contributed by atoms with Crippen molar-refractivity contribution in [3.63, 3.8) is 0 Å². The van der Waals surface area contributed by atoms with Gasteiger partial charge in [0.05, 0.1) is 25.5 Å². The Morgan fingerprint density at radius 2 is 2.00 bits per heavy atom. The summed E-state index contributed by atoms with van der Waals surface area (Å²) in [6.07, 6.45) is 0.288. The number of aromatic nitrogens is 2. The largest absolute Gasteiger partial charge is 0.493 e. The number of benzene rings is 1. The number of pyridine rings is 1. The van der Waals surface area contributed by atoms with E-state index in [-0.39, 0.29) is 12.3 Å². The molecular formula is C21H20N4O3S2. The lowest BCUT2D eigenvalue weighted by Gasteiger charge is -2.08. The molecule has 2 aromatic heterocycles. The minimum atomic E-state index is -0.137. The number of hydrogen-bond acceptors (Lipinski definition) is 8. The molecule has 30 heavy (non-hydrogen) atoms. The van der Waals surface area contributed by atoms with Gasteiger partial charge in [0.15, 0.2) is 16.6 Å². The molecule has 0 saturated carbocycles. The molecule has 0 unspecified atom stereocenters. The number of methoxy groups -OCH3 is 2. The summed E-state index contributed by atoms with van der Waals surface area (Å²) in [7, 11) is 3.17. The van der Waals surface area contributed by atoms with Crippen LogP contribution in [0.4, 0.5) is 5.13 Å². The highest BCUT2D eigenvalue weighted by Crippen LogP contribution is 2.33. The summed E-state index contributed by atoms with van der Waals surface area (Å²) in [5.41, 5.74) is 2.97. The zero-order valence-corrected chi connectivity index (χ0v) is 18.4. The predicted octanol–water partition coefficient (Wildman–Crippen LogP) is 4.52. The van der Waals surface area contributed by atoms with Crippen molar-refractivity contribution in [2.45, 2.75) is 18.4 Å². The SMILES string of the molecule is COc1ccc(-c2csc(NC(=O)CCSc3nc(C)ccc3C#N)n2)cc1OC. The molecule has 0 bridgehead atoms. The number of nitrogens with zero attached hydrogens (tertiary/aromatic N) is 3. The van der Waals surface area contributed by atoms with E-state index < -0.39 is 0 Å². The molecule has 3 rings (SSSR count). The van der Waals surface area contributed by atoms with Crippen LogP contribution in [0.25, 0.3) is 11.3 Å². The monoisotopic (exact) mass is 440 g/mol. The first kappa shape index (κ1) is 21.6. The number of anilines is 1. The first-order chi connectivity index (χ1) is 14.5. The van der Waals surface area contributed by atoms with Crippen LogP contribution in [0.5, 0.6) is 11.5 Å². The molecule has 0 aliphatic heterocycles. The van der Waals surface area contributed by atoms with Gasteiger partial charge in [0, 0.05) is 28.8 Å². The molecule has 1 N–H and O–H groups in total. The van der Waals surface area contributed by atoms with Crippen LogP contribution in [0.15, 0.2) is 40.7 Å². The summed E-state index contributed by atoms with van der Waals surface area (Å²) < 4.78 is 10.6. The number of amides is 1. The highest BCUT2D eigenvalue weighted by molar-refractivity contribution is 7.99. The molecule has 154 valence electrons. The van der Waals surface area contributed by atoms with Gasteiger partial charge in [-0.3, -0.25) is 4.79 Å². The summed E-state index contributed by atoms with van der Waals surface area (Å²) in [6.45, 7) is 1.87. The fourth-order valence-corrected chi connectivity index (χ4v) is 4.30. The molecule has 0 radical (unpaired) electrons. The van der Waals surface area contributed by atoms with E-state index in [1.54, 1.807) is 26.4 Å². The maximum Gasteiger partial charge on any atom is 0.226 e. The Kier molecular flexibility index (Phi) is 7.27. The van der Waals surface area contributed by atoms with Crippen LogP contribution in [0.2, 0.25) is 0 Å². The molecule has 0 spiro atoms. The lowest BCUT2D eigenvalue weighted by atomic mass is 10.1. The van der Waals surface area contributed by atoms with Crippen LogP contribution in [-0.2, 0) is 4.79 Å². The lowest BCUT2D eigenvalue weighted by Crippen LogP contribution is -2.12. The summed E-state index contributed by atoms with van der Waals surface area (Å²) in [6, 6.07) is 11.2. The van der Waals surface area contributed by atoms with E-state index >= 15 is 0 Å². The number of aryl methyl sites for hydroxylation is 1. The smallest absolute Gasteiger partial charge is 0.226 e. The maximum absolute atomic E-state index is 12.3. The number of carbonyl (C=O) groups is 1. The predicted molar refractivity (Wildman–Crippen MR) is 118 cm³/mol. The molecule has 2 heterocycles. The van der Waals surface area contributed by atoms with E-state index in [4.69, 9.17) is 14.7 Å². The van der Waals surface area contributed by atoms with E-state index in [2.05, 4.69) is 21.4 Å². The summed E-state index contributed by atoms with van der Waals surface area (Å²) in [4.78, 5) is 21.1. The molecule has 1 aromatic carbocycles. The van der Waals surface area contributed by atoms with Crippen LogP contribution in [-0.4, -0.2) is 35.8 Å². The number of nitrogens with one attached hydrogen (secondary N) is 1. The summed E-state index contributed by atoms with van der Waals surface area (Å²) in [5, 5.41) is 15.0. The molecule has 0 atom stereocenters. The van der Waals surface area contributed by atoms with Gasteiger partial charge in [0.25, 0.3) is 0 Å². The fourth-order valence-electron chi connectivity index (χ4n) is 2.61. The van der Waals surface area contributed by atoms with Crippen LogP contribution >= 0.6 is 23.1 Å². The van der Waals surface area contributed by atoms with E-state index in [0.29, 0.717) is 33.0 Å². The van der Waals surface area contributed by atoms with Crippen LogP contribution < -0.4 is 14.8 Å². The van der Waals surface area contributed by atoms with Gasteiger partial charge in [-0.15, -0.1) is 23.1 Å². The second-order valence-electron chi connectivity index (χ2n) is 6.17. The lowest BCUT2D eigenvalue weighted by molar-refractivity contribution is -0.115. The Morgan fingerprint density at radius 1 is 1.20 bits per heavy atom. The first-order valence-corrected chi connectivity index (χ1v) is 10.9. The van der Waals surface area contributed by atoms with E-state index in [1.807, 2.05) is 30.5 Å². The third-order valence-corrected chi connectivity index (χ3v) is 5.87. The summed E-state index contributed by atoms with van der Waals surface area (Å²) in [5.74, 6) is 1.64. The minimum absolute atomic E-state index is 0.137. The Balaban J connectivity index is 1.58. The number of rotatable bonds is 8. The van der Waals surface area contributed by atoms with Crippen LogP contribution in [0, 0.1) is 18.3 Å². The van der Waals surface area contributed by atoms with Gasteiger partial charge in [-0.05, 0) is 37.3 Å². The van der Waals surface area contributed by atoms with Crippen molar-refractivity contribution in [2.24, 2.45) is 0 Å². The van der Waals surface area contributed by atoms with Gasteiger partial charge in [-0.1, -0.05) is 0 Å². The zero-order valence-electron chi connectivity index (χ0n) is 16.8. The second-order valence-corrected chi connectivity index (χ2v) is 8.11. The first-order valence-electron chi connectivity index (χ1n) is 9.02. The topological polar surface area (TPSA) is 97.1 Å². The third-order valence-electron chi connectivity index (χ3n) is 4.12. The highest BCUT2D eigenvalue weighted by atomic mass is 32.2. The molecule has 0 aliphatic carbocycles. The average molecular weight is 441 g/mol. The van der Waals surface area contributed by atoms with Gasteiger partial charge in [0.1, 0.15) is 11.1 Å². The molecule has 3 aromatic rings. The number of carbonyl (C=O) groups excluding carboxylic acids is 1. The average Bonchev–Trinajstić information content (AvgIpc) is 3.21. The highest BCUT2D eigenvalue weighted by Gasteiger charge is 2.12. The number of ether oxygens (including phenoxy) is 2. The minimum Gasteiger partial charge on any atom is -0.493 e. The van der Waals surface area contributed by atoms with Crippen molar-refractivity contribution in [2.75, 3.05) is 25.3 Å². The molecule has 0 fully saturated rings. The van der Waals surface area contributed by atoms with Gasteiger partial charge < -0.3 is 14.8 Å². The summed E-state index contributed by atoms with van der Waals surface area (Å²) >= 11 is 2.75. The number of thiazole rings is 1. The van der Waals surface area contributed by atoms with Crippen LogP contribution in [0.1, 0.15) is 17.7 Å². The molecule has 0 saturated heterocycles. The van der Waals surface area contributed by atoms with Crippen molar-refractivity contribution in [3.8, 4) is 28.8 Å². The molecular weight excluding hydrogens is 420 g/mol. The number of thioether (sulfide) groups is 1. The second kappa shape index (κ2) is 10.1. The molecule has 1 amide bonds. The standard InChI is InChI=1S/C21H20N4O3S2/c1-13-4-5-15(11-22)20(23-13)29-9-8-19(26)25-21-24-16(12-30-21)14-6-7-17(27-2)18(10-14)28-3/h4-7,10,12H,8-9H2,1-3H3,(H,24,25,26). The Labute approximate surface area is 183 Å².